The van der Waals surface area contributed by atoms with E-state index in [4.69, 9.17) is 9.47 Å². The molecule has 0 bridgehead atoms. The van der Waals surface area contributed by atoms with E-state index in [0.717, 1.165) is 23.2 Å². The maximum Gasteiger partial charge on any atom is 0.311 e. The molecule has 1 N–H and O–H groups in total. The summed E-state index contributed by atoms with van der Waals surface area (Å²) >= 11 is 0. The minimum Gasteiger partial charge on any atom is -0.488 e. The van der Waals surface area contributed by atoms with E-state index < -0.39 is 13.0 Å². The molecule has 0 amide bonds. The standard InChI is InChI=1S/C20H19F2NO3/c21-18(22)11-25-14-7-5-12(6-8-14)15-10-16(15)20(24)26-19-9-13-3-1-2-4-17(13)23-19/h1-8,15-16,18-19,23H,9-11H2. The number of hydrogen-bond donors (Lipinski definition) is 1. The Morgan fingerprint density at radius 2 is 1.92 bits per heavy atom. The first kappa shape index (κ1) is 16.8. The summed E-state index contributed by atoms with van der Waals surface area (Å²) in [4.78, 5) is 12.4. The molecule has 1 saturated carbocycles. The van der Waals surface area contributed by atoms with Crippen molar-refractivity contribution in [3.63, 3.8) is 0 Å². The Labute approximate surface area is 150 Å². The number of hydrogen-bond acceptors (Lipinski definition) is 4. The lowest BCUT2D eigenvalue weighted by atomic mass is 10.1. The van der Waals surface area contributed by atoms with Crippen molar-refractivity contribution in [3.05, 3.63) is 59.7 Å². The van der Waals surface area contributed by atoms with E-state index in [9.17, 15) is 13.6 Å². The SMILES string of the molecule is O=C(OC1Cc2ccccc2N1)C1CC1c1ccc(OCC(F)F)cc1. The average molecular weight is 359 g/mol. The minimum atomic E-state index is -2.49. The van der Waals surface area contributed by atoms with E-state index >= 15 is 0 Å². The second kappa shape index (κ2) is 6.94. The van der Waals surface area contributed by atoms with E-state index in [1.54, 1.807) is 12.1 Å². The summed E-state index contributed by atoms with van der Waals surface area (Å²) in [6, 6.07) is 14.9. The molecule has 0 saturated heterocycles. The van der Waals surface area contributed by atoms with Gasteiger partial charge >= 0.3 is 5.97 Å². The van der Waals surface area contributed by atoms with Gasteiger partial charge in [0.1, 0.15) is 12.4 Å². The highest BCUT2D eigenvalue weighted by Gasteiger charge is 2.46. The van der Waals surface area contributed by atoms with Crippen LogP contribution in [0, 0.1) is 5.92 Å². The van der Waals surface area contributed by atoms with Crippen LogP contribution in [0.3, 0.4) is 0 Å². The summed E-state index contributed by atoms with van der Waals surface area (Å²) < 4.78 is 34.9. The fourth-order valence-electron chi connectivity index (χ4n) is 3.36. The number of esters is 1. The van der Waals surface area contributed by atoms with Gasteiger partial charge in [-0.3, -0.25) is 4.79 Å². The molecule has 3 unspecified atom stereocenters. The Hall–Kier alpha value is -2.63. The van der Waals surface area contributed by atoms with E-state index in [-0.39, 0.29) is 24.0 Å². The molecule has 1 aliphatic carbocycles. The van der Waals surface area contributed by atoms with Crippen LogP contribution in [0.1, 0.15) is 23.5 Å². The second-order valence-electron chi connectivity index (χ2n) is 6.65. The van der Waals surface area contributed by atoms with Crippen LogP contribution in [0.15, 0.2) is 48.5 Å². The molecule has 6 heteroatoms. The van der Waals surface area contributed by atoms with Crippen LogP contribution < -0.4 is 10.1 Å². The van der Waals surface area contributed by atoms with Gasteiger partial charge in [0.25, 0.3) is 6.43 Å². The van der Waals surface area contributed by atoms with Crippen molar-refractivity contribution in [2.24, 2.45) is 5.92 Å². The third-order valence-corrected chi connectivity index (χ3v) is 4.78. The maximum absolute atomic E-state index is 12.4. The first-order valence-electron chi connectivity index (χ1n) is 8.66. The molecule has 0 radical (unpaired) electrons. The van der Waals surface area contributed by atoms with Gasteiger partial charge in [-0.2, -0.15) is 0 Å². The third-order valence-electron chi connectivity index (χ3n) is 4.78. The summed E-state index contributed by atoms with van der Waals surface area (Å²) in [5, 5.41) is 3.21. The van der Waals surface area contributed by atoms with Gasteiger partial charge < -0.3 is 14.8 Å². The fraction of sp³-hybridized carbons (Fsp3) is 0.350. The number of fused-ring (bicyclic) bond motifs is 1. The predicted molar refractivity (Wildman–Crippen MR) is 92.4 cm³/mol. The number of benzene rings is 2. The Balaban J connectivity index is 1.29. The Morgan fingerprint density at radius 1 is 1.15 bits per heavy atom. The number of halogens is 2. The van der Waals surface area contributed by atoms with Gasteiger partial charge in [0, 0.05) is 12.1 Å². The molecule has 0 spiro atoms. The van der Waals surface area contributed by atoms with E-state index in [1.807, 2.05) is 36.4 Å². The maximum atomic E-state index is 12.4. The van der Waals surface area contributed by atoms with Gasteiger partial charge in [0.05, 0.1) is 5.92 Å². The molecule has 2 aromatic carbocycles. The second-order valence-corrected chi connectivity index (χ2v) is 6.65. The summed E-state index contributed by atoms with van der Waals surface area (Å²) in [6.45, 7) is -0.617. The molecular weight excluding hydrogens is 340 g/mol. The zero-order chi connectivity index (χ0) is 18.1. The van der Waals surface area contributed by atoms with Gasteiger partial charge in [-0.25, -0.2) is 8.78 Å². The average Bonchev–Trinajstić information content (AvgIpc) is 3.33. The van der Waals surface area contributed by atoms with E-state index in [0.29, 0.717) is 12.2 Å². The largest absolute Gasteiger partial charge is 0.488 e. The van der Waals surface area contributed by atoms with Crippen LogP contribution in [0.5, 0.6) is 5.75 Å². The van der Waals surface area contributed by atoms with Crippen LogP contribution in [-0.2, 0) is 16.0 Å². The monoisotopic (exact) mass is 359 g/mol. The normalized spacial score (nSPS) is 23.3. The highest BCUT2D eigenvalue weighted by Crippen LogP contribution is 2.48. The van der Waals surface area contributed by atoms with Gasteiger partial charge in [0.15, 0.2) is 6.23 Å². The van der Waals surface area contributed by atoms with E-state index in [1.165, 1.54) is 0 Å². The smallest absolute Gasteiger partial charge is 0.311 e. The Kier molecular flexibility index (Phi) is 4.49. The fourth-order valence-corrected chi connectivity index (χ4v) is 3.36. The van der Waals surface area contributed by atoms with Crippen molar-refractivity contribution in [3.8, 4) is 5.75 Å². The number of alkyl halides is 2. The molecule has 4 rings (SSSR count). The number of nitrogens with one attached hydrogen (secondary N) is 1. The molecule has 3 atom stereocenters. The summed E-state index contributed by atoms with van der Waals surface area (Å²) in [5.41, 5.74) is 3.16. The van der Waals surface area contributed by atoms with Crippen LogP contribution in [0.2, 0.25) is 0 Å². The minimum absolute atomic E-state index is 0.121. The molecular formula is C20H19F2NO3. The van der Waals surface area contributed by atoms with Crippen LogP contribution in [-0.4, -0.2) is 25.2 Å². The summed E-state index contributed by atoms with van der Waals surface area (Å²) in [6.07, 6.45) is -1.38. The van der Waals surface area contributed by atoms with E-state index in [2.05, 4.69) is 5.32 Å². The first-order valence-corrected chi connectivity index (χ1v) is 8.66. The zero-order valence-corrected chi connectivity index (χ0v) is 14.0. The van der Waals surface area contributed by atoms with Crippen LogP contribution >= 0.6 is 0 Å². The van der Waals surface area contributed by atoms with Gasteiger partial charge in [-0.1, -0.05) is 30.3 Å². The highest BCUT2D eigenvalue weighted by atomic mass is 19.3. The number of carbonyl (C=O) groups is 1. The van der Waals surface area contributed by atoms with Crippen molar-refractivity contribution >= 4 is 11.7 Å². The molecule has 2 aliphatic rings. The number of ether oxygens (including phenoxy) is 2. The van der Waals surface area contributed by atoms with Gasteiger partial charge in [0.2, 0.25) is 0 Å². The Morgan fingerprint density at radius 3 is 2.65 bits per heavy atom. The highest BCUT2D eigenvalue weighted by molar-refractivity contribution is 5.78. The molecule has 2 aromatic rings. The molecule has 4 nitrogen and oxygen atoms in total. The number of para-hydroxylation sites is 1. The number of carbonyl (C=O) groups excluding carboxylic acids is 1. The third kappa shape index (κ3) is 3.64. The molecule has 0 aromatic heterocycles. The predicted octanol–water partition coefficient (Wildman–Crippen LogP) is 3.97. The Bertz CT molecular complexity index is 769. The van der Waals surface area contributed by atoms with Crippen molar-refractivity contribution in [2.75, 3.05) is 11.9 Å². The summed E-state index contributed by atoms with van der Waals surface area (Å²) in [5.74, 6) is 0.184. The topological polar surface area (TPSA) is 47.6 Å². The number of anilines is 1. The quantitative estimate of drug-likeness (QED) is 0.793. The van der Waals surface area contributed by atoms with Crippen molar-refractivity contribution in [1.29, 1.82) is 0 Å². The molecule has 1 heterocycles. The van der Waals surface area contributed by atoms with Gasteiger partial charge in [-0.15, -0.1) is 0 Å². The van der Waals surface area contributed by atoms with Crippen molar-refractivity contribution in [1.82, 2.24) is 0 Å². The summed E-state index contributed by atoms with van der Waals surface area (Å²) in [7, 11) is 0. The lowest BCUT2D eigenvalue weighted by molar-refractivity contribution is -0.149. The van der Waals surface area contributed by atoms with Crippen molar-refractivity contribution in [2.45, 2.75) is 31.4 Å². The molecule has 136 valence electrons. The van der Waals surface area contributed by atoms with Crippen molar-refractivity contribution < 1.29 is 23.0 Å². The number of rotatable bonds is 6. The lowest BCUT2D eigenvalue weighted by Crippen LogP contribution is -2.24. The van der Waals surface area contributed by atoms with Gasteiger partial charge in [-0.05, 0) is 41.7 Å². The first-order chi connectivity index (χ1) is 12.6. The molecule has 1 aliphatic heterocycles. The lowest BCUT2D eigenvalue weighted by Gasteiger charge is -2.13. The van der Waals surface area contributed by atoms with Crippen LogP contribution in [0.25, 0.3) is 0 Å². The van der Waals surface area contributed by atoms with Crippen LogP contribution in [0.4, 0.5) is 14.5 Å². The molecule has 1 fully saturated rings. The zero-order valence-electron chi connectivity index (χ0n) is 14.0. The molecule has 26 heavy (non-hydrogen) atoms.